The van der Waals surface area contributed by atoms with Crippen LogP contribution in [-0.2, 0) is 38.7 Å². The number of rotatable bonds is 0. The standard InChI is InChI=1S/C15H17.Hf/c1-10-4-5-11-6-12-8-15(2,3)9-13(12)7-14(10)11;/h4-7H,8-9H2,1-3H3;/q-1;. The van der Waals surface area contributed by atoms with Crippen LogP contribution in [-0.4, -0.2) is 0 Å². The predicted molar refractivity (Wildman–Crippen MR) is 65.5 cm³/mol. The molecule has 0 fully saturated rings. The topological polar surface area (TPSA) is 0 Å². The van der Waals surface area contributed by atoms with Gasteiger partial charge in [-0.25, -0.2) is 0 Å². The Kier molecular flexibility index (Phi) is 2.94. The molecular formula is C15H17Hf-. The molecule has 0 N–H and O–H groups in total. The van der Waals surface area contributed by atoms with Crippen LogP contribution in [0.5, 0.6) is 0 Å². The van der Waals surface area contributed by atoms with E-state index in [4.69, 9.17) is 0 Å². The Labute approximate surface area is 116 Å². The van der Waals surface area contributed by atoms with Gasteiger partial charge < -0.3 is 0 Å². The van der Waals surface area contributed by atoms with Gasteiger partial charge >= 0.3 is 0 Å². The third kappa shape index (κ3) is 1.84. The van der Waals surface area contributed by atoms with Gasteiger partial charge in [-0.1, -0.05) is 31.9 Å². The first-order valence-corrected chi connectivity index (χ1v) is 5.73. The zero-order chi connectivity index (χ0) is 10.6. The third-order valence-corrected chi connectivity index (χ3v) is 3.65. The van der Waals surface area contributed by atoms with Crippen molar-refractivity contribution in [3.05, 3.63) is 41.0 Å². The Morgan fingerprint density at radius 2 is 1.75 bits per heavy atom. The second kappa shape index (κ2) is 3.87. The average Bonchev–Trinajstić information content (AvgIpc) is 2.62. The fourth-order valence-corrected chi connectivity index (χ4v) is 2.92. The summed E-state index contributed by atoms with van der Waals surface area (Å²) in [4.78, 5) is 0. The first-order chi connectivity index (χ1) is 7.05. The molecular weight excluding hydrogens is 359 g/mol. The van der Waals surface area contributed by atoms with Gasteiger partial charge in [0.1, 0.15) is 0 Å². The van der Waals surface area contributed by atoms with Crippen LogP contribution in [0, 0.1) is 12.3 Å². The van der Waals surface area contributed by atoms with Crippen molar-refractivity contribution >= 4 is 10.8 Å². The molecule has 0 bridgehead atoms. The fourth-order valence-electron chi connectivity index (χ4n) is 2.92. The van der Waals surface area contributed by atoms with E-state index in [1.165, 1.54) is 29.2 Å². The summed E-state index contributed by atoms with van der Waals surface area (Å²) in [5, 5.41) is 2.87. The van der Waals surface area contributed by atoms with Gasteiger partial charge in [0, 0.05) is 25.8 Å². The van der Waals surface area contributed by atoms with E-state index in [-0.39, 0.29) is 25.8 Å². The van der Waals surface area contributed by atoms with Crippen LogP contribution < -0.4 is 0 Å². The van der Waals surface area contributed by atoms with Crippen molar-refractivity contribution in [2.75, 3.05) is 0 Å². The van der Waals surface area contributed by atoms with Crippen LogP contribution in [0.3, 0.4) is 0 Å². The molecule has 0 heterocycles. The van der Waals surface area contributed by atoms with Gasteiger partial charge in [-0.2, -0.15) is 12.1 Å². The molecule has 0 unspecified atom stereocenters. The summed E-state index contributed by atoms with van der Waals surface area (Å²) in [5.74, 6) is 0. The van der Waals surface area contributed by atoms with Crippen LogP contribution in [0.4, 0.5) is 0 Å². The molecule has 2 aromatic carbocycles. The number of aryl methyl sites for hydroxylation is 1. The second-order valence-electron chi connectivity index (χ2n) is 5.74. The second-order valence-corrected chi connectivity index (χ2v) is 5.74. The predicted octanol–water partition coefficient (Wildman–Crippen LogP) is 3.99. The SMILES string of the molecule is C[c-]1ccc2cc3c(cc21)CC(C)(C)C3.[Hf]. The van der Waals surface area contributed by atoms with Gasteiger partial charge in [0.25, 0.3) is 0 Å². The third-order valence-electron chi connectivity index (χ3n) is 3.65. The summed E-state index contributed by atoms with van der Waals surface area (Å²) in [6.07, 6.45) is 2.48. The number of hydrogen-bond acceptors (Lipinski definition) is 0. The molecule has 16 heavy (non-hydrogen) atoms. The first-order valence-electron chi connectivity index (χ1n) is 5.73. The summed E-state index contributed by atoms with van der Waals surface area (Å²) in [7, 11) is 0. The van der Waals surface area contributed by atoms with E-state index in [0.717, 1.165) is 0 Å². The molecule has 0 nitrogen and oxygen atoms in total. The van der Waals surface area contributed by atoms with Crippen molar-refractivity contribution in [2.24, 2.45) is 5.41 Å². The van der Waals surface area contributed by atoms with Crippen molar-refractivity contribution in [3.8, 4) is 0 Å². The molecule has 1 heteroatoms. The van der Waals surface area contributed by atoms with Crippen molar-refractivity contribution < 1.29 is 25.8 Å². The van der Waals surface area contributed by atoms with E-state index in [1.807, 2.05) is 0 Å². The van der Waals surface area contributed by atoms with E-state index < -0.39 is 0 Å². The Hall–Kier alpha value is -0.300. The maximum atomic E-state index is 2.41. The average molecular weight is 376 g/mol. The van der Waals surface area contributed by atoms with Crippen molar-refractivity contribution in [2.45, 2.75) is 33.6 Å². The van der Waals surface area contributed by atoms with Gasteiger partial charge in [-0.3, -0.25) is 0 Å². The van der Waals surface area contributed by atoms with Crippen LogP contribution in [0.1, 0.15) is 30.5 Å². The molecule has 0 saturated carbocycles. The van der Waals surface area contributed by atoms with Gasteiger partial charge in [-0.05, 0) is 18.3 Å². The molecule has 0 spiro atoms. The summed E-state index contributed by atoms with van der Waals surface area (Å²) in [5.41, 5.74) is 5.02. The molecule has 1 aliphatic rings. The Morgan fingerprint density at radius 1 is 1.12 bits per heavy atom. The molecule has 0 saturated heterocycles. The molecule has 1 aliphatic carbocycles. The molecule has 0 aromatic heterocycles. The van der Waals surface area contributed by atoms with Gasteiger partial charge in [0.05, 0.1) is 0 Å². The monoisotopic (exact) mass is 377 g/mol. The number of fused-ring (bicyclic) bond motifs is 2. The van der Waals surface area contributed by atoms with Crippen molar-refractivity contribution in [1.29, 1.82) is 0 Å². The smallest absolute Gasteiger partial charge is 0 e. The Bertz CT molecular complexity index is 532. The summed E-state index contributed by atoms with van der Waals surface area (Å²) < 4.78 is 0. The summed E-state index contributed by atoms with van der Waals surface area (Å²) in [6.45, 7) is 6.93. The van der Waals surface area contributed by atoms with Gasteiger partial charge in [0.2, 0.25) is 0 Å². The zero-order valence-corrected chi connectivity index (χ0v) is 13.8. The molecule has 0 radical (unpaired) electrons. The van der Waals surface area contributed by atoms with E-state index in [1.54, 1.807) is 11.1 Å². The molecule has 82 valence electrons. The van der Waals surface area contributed by atoms with E-state index >= 15 is 0 Å². The Balaban J connectivity index is 0.000000963. The normalized spacial score (nSPS) is 17.2. The van der Waals surface area contributed by atoms with E-state index in [2.05, 4.69) is 45.0 Å². The summed E-state index contributed by atoms with van der Waals surface area (Å²) in [6, 6.07) is 9.28. The molecule has 0 amide bonds. The number of benzene rings is 1. The largest absolute Gasteiger partial charge is 0.168 e. The maximum Gasteiger partial charge on any atom is 0 e. The fraction of sp³-hybridized carbons (Fsp3) is 0.400. The minimum absolute atomic E-state index is 0. The zero-order valence-electron chi connectivity index (χ0n) is 10.2. The van der Waals surface area contributed by atoms with Crippen LogP contribution in [0.2, 0.25) is 0 Å². The van der Waals surface area contributed by atoms with Crippen molar-refractivity contribution in [1.82, 2.24) is 0 Å². The number of hydrogen-bond donors (Lipinski definition) is 0. The quantitative estimate of drug-likeness (QED) is 0.482. The van der Waals surface area contributed by atoms with E-state index in [9.17, 15) is 0 Å². The molecule has 0 aliphatic heterocycles. The molecule has 2 aromatic rings. The van der Waals surface area contributed by atoms with Gasteiger partial charge in [-0.15, -0.1) is 28.5 Å². The first kappa shape index (κ1) is 12.2. The summed E-state index contributed by atoms with van der Waals surface area (Å²) >= 11 is 0. The Morgan fingerprint density at radius 3 is 2.44 bits per heavy atom. The van der Waals surface area contributed by atoms with E-state index in [0.29, 0.717) is 5.41 Å². The van der Waals surface area contributed by atoms with Crippen LogP contribution in [0.25, 0.3) is 10.8 Å². The van der Waals surface area contributed by atoms with Crippen molar-refractivity contribution in [3.63, 3.8) is 0 Å². The minimum atomic E-state index is 0. The minimum Gasteiger partial charge on any atom is -0.168 e. The van der Waals surface area contributed by atoms with Gasteiger partial charge in [0.15, 0.2) is 0 Å². The molecule has 3 rings (SSSR count). The maximum absolute atomic E-state index is 2.41. The van der Waals surface area contributed by atoms with Crippen LogP contribution in [0.15, 0.2) is 24.3 Å². The molecule has 0 atom stereocenters. The van der Waals surface area contributed by atoms with Crippen LogP contribution >= 0.6 is 0 Å².